The van der Waals surface area contributed by atoms with Crippen LogP contribution in [0.15, 0.2) is 36.4 Å². The molecule has 0 aliphatic carbocycles. The third-order valence-corrected chi connectivity index (χ3v) is 4.14. The van der Waals surface area contributed by atoms with Crippen LogP contribution in [-0.2, 0) is 0 Å². The molecular weight excluding hydrogens is 298 g/mol. The monoisotopic (exact) mass is 325 g/mol. The van der Waals surface area contributed by atoms with Crippen molar-refractivity contribution in [2.75, 3.05) is 23.7 Å². The molecule has 0 heterocycles. The fraction of sp³-hybridized carbons (Fsp3) is 0.350. The van der Waals surface area contributed by atoms with Crippen LogP contribution in [0.25, 0.3) is 0 Å². The summed E-state index contributed by atoms with van der Waals surface area (Å²) in [6, 6.07) is 12.1. The Hall–Kier alpha value is -2.49. The lowest BCUT2D eigenvalue weighted by Crippen LogP contribution is -2.31. The number of carbonyl (C=O) groups excluding carboxylic acids is 1. The van der Waals surface area contributed by atoms with Crippen LogP contribution in [0.3, 0.4) is 0 Å². The first-order valence-electron chi connectivity index (χ1n) is 8.40. The van der Waals surface area contributed by atoms with Crippen LogP contribution < -0.4 is 16.0 Å². The van der Waals surface area contributed by atoms with Gasteiger partial charge < -0.3 is 16.0 Å². The highest BCUT2D eigenvalue weighted by Gasteiger charge is 2.06. The first-order chi connectivity index (χ1) is 11.5. The van der Waals surface area contributed by atoms with E-state index in [0.717, 1.165) is 29.8 Å². The van der Waals surface area contributed by atoms with Crippen LogP contribution in [0.5, 0.6) is 0 Å². The van der Waals surface area contributed by atoms with E-state index >= 15 is 0 Å². The second-order valence-corrected chi connectivity index (χ2v) is 6.19. The van der Waals surface area contributed by atoms with E-state index in [1.54, 1.807) is 0 Å². The Morgan fingerprint density at radius 2 is 1.29 bits per heavy atom. The largest absolute Gasteiger partial charge is 0.385 e. The highest BCUT2D eigenvalue weighted by atomic mass is 16.2. The lowest BCUT2D eigenvalue weighted by Gasteiger charge is -2.14. The Balaban J connectivity index is 1.74. The number of hydrogen-bond acceptors (Lipinski definition) is 2. The molecule has 2 aromatic carbocycles. The molecule has 0 aliphatic rings. The average Bonchev–Trinajstić information content (AvgIpc) is 2.53. The lowest BCUT2D eigenvalue weighted by molar-refractivity contribution is 0.252. The van der Waals surface area contributed by atoms with Gasteiger partial charge >= 0.3 is 6.03 Å². The van der Waals surface area contributed by atoms with E-state index < -0.39 is 0 Å². The summed E-state index contributed by atoms with van der Waals surface area (Å²) in [5.74, 6) is 0. The van der Waals surface area contributed by atoms with Crippen LogP contribution in [0.1, 0.15) is 28.7 Å². The maximum absolute atomic E-state index is 12.0. The lowest BCUT2D eigenvalue weighted by atomic mass is 10.1. The maximum Gasteiger partial charge on any atom is 0.319 e. The number of para-hydroxylation sites is 2. The van der Waals surface area contributed by atoms with E-state index in [-0.39, 0.29) is 6.03 Å². The van der Waals surface area contributed by atoms with Crippen molar-refractivity contribution in [3.05, 3.63) is 58.7 Å². The fourth-order valence-electron chi connectivity index (χ4n) is 2.77. The number of rotatable bonds is 6. The van der Waals surface area contributed by atoms with Crippen LogP contribution in [-0.4, -0.2) is 19.1 Å². The Labute approximate surface area is 144 Å². The Morgan fingerprint density at radius 1 is 0.792 bits per heavy atom. The molecule has 0 unspecified atom stereocenters. The zero-order valence-electron chi connectivity index (χ0n) is 15.0. The van der Waals surface area contributed by atoms with Crippen molar-refractivity contribution in [2.24, 2.45) is 0 Å². The molecule has 4 nitrogen and oxygen atoms in total. The molecule has 2 aromatic rings. The third kappa shape index (κ3) is 4.75. The molecule has 2 amide bonds. The predicted octanol–water partition coefficient (Wildman–Crippen LogP) is 4.54. The van der Waals surface area contributed by atoms with E-state index in [9.17, 15) is 4.79 Å². The quantitative estimate of drug-likeness (QED) is 0.683. The zero-order valence-corrected chi connectivity index (χ0v) is 15.0. The molecule has 4 heteroatoms. The number of benzene rings is 2. The summed E-state index contributed by atoms with van der Waals surface area (Å²) in [5.41, 5.74) is 6.72. The number of nitrogens with one attached hydrogen (secondary N) is 3. The number of aryl methyl sites for hydroxylation is 4. The van der Waals surface area contributed by atoms with Gasteiger partial charge in [-0.1, -0.05) is 36.4 Å². The summed E-state index contributed by atoms with van der Waals surface area (Å²) < 4.78 is 0. The molecule has 0 bridgehead atoms. The molecule has 0 aliphatic heterocycles. The molecule has 0 saturated heterocycles. The summed E-state index contributed by atoms with van der Waals surface area (Å²) >= 11 is 0. The molecule has 0 saturated carbocycles. The highest BCUT2D eigenvalue weighted by molar-refractivity contribution is 5.90. The van der Waals surface area contributed by atoms with Gasteiger partial charge in [0.15, 0.2) is 0 Å². The zero-order chi connectivity index (χ0) is 17.5. The standard InChI is InChI=1S/C20H27N3O/c1-14-8-5-9-15(2)18(14)21-12-7-13-22-20(24)23-19-16(3)10-6-11-17(19)4/h5-6,8-11,21H,7,12-13H2,1-4H3,(H2,22,23,24). The van der Waals surface area contributed by atoms with Crippen molar-refractivity contribution in [1.82, 2.24) is 5.32 Å². The molecule has 0 radical (unpaired) electrons. The number of amides is 2. The summed E-state index contributed by atoms with van der Waals surface area (Å²) in [7, 11) is 0. The Kier molecular flexibility index (Phi) is 6.24. The van der Waals surface area contributed by atoms with E-state index in [1.807, 2.05) is 32.0 Å². The fourth-order valence-corrected chi connectivity index (χ4v) is 2.77. The highest BCUT2D eigenvalue weighted by Crippen LogP contribution is 2.20. The number of carbonyl (C=O) groups is 1. The summed E-state index contributed by atoms with van der Waals surface area (Å²) in [5, 5.41) is 9.30. The van der Waals surface area contributed by atoms with Crippen LogP contribution in [0, 0.1) is 27.7 Å². The van der Waals surface area contributed by atoms with Crippen molar-refractivity contribution in [3.8, 4) is 0 Å². The molecule has 3 N–H and O–H groups in total. The maximum atomic E-state index is 12.0. The van der Waals surface area contributed by atoms with E-state index in [1.165, 1.54) is 16.8 Å². The number of hydrogen-bond donors (Lipinski definition) is 3. The minimum absolute atomic E-state index is 0.153. The van der Waals surface area contributed by atoms with Crippen molar-refractivity contribution < 1.29 is 4.79 Å². The first-order valence-corrected chi connectivity index (χ1v) is 8.40. The van der Waals surface area contributed by atoms with Crippen molar-refractivity contribution in [1.29, 1.82) is 0 Å². The SMILES string of the molecule is Cc1cccc(C)c1NCCCNC(=O)Nc1c(C)cccc1C. The molecule has 2 rings (SSSR count). The molecule has 0 aromatic heterocycles. The minimum atomic E-state index is -0.153. The summed E-state index contributed by atoms with van der Waals surface area (Å²) in [6.45, 7) is 9.66. The molecular formula is C20H27N3O. The summed E-state index contributed by atoms with van der Waals surface area (Å²) in [6.07, 6.45) is 0.869. The third-order valence-electron chi connectivity index (χ3n) is 4.14. The van der Waals surface area contributed by atoms with Gasteiger partial charge in [-0.05, 0) is 56.4 Å². The van der Waals surface area contributed by atoms with Gasteiger partial charge in [-0.15, -0.1) is 0 Å². The molecule has 128 valence electrons. The second-order valence-electron chi connectivity index (χ2n) is 6.19. The van der Waals surface area contributed by atoms with Crippen molar-refractivity contribution in [2.45, 2.75) is 34.1 Å². The van der Waals surface area contributed by atoms with Crippen molar-refractivity contribution >= 4 is 17.4 Å². The first kappa shape index (κ1) is 17.9. The Bertz CT molecular complexity index is 670. The van der Waals surface area contributed by atoms with Gasteiger partial charge in [0, 0.05) is 24.5 Å². The topological polar surface area (TPSA) is 53.2 Å². The predicted molar refractivity (Wildman–Crippen MR) is 102 cm³/mol. The van der Waals surface area contributed by atoms with Gasteiger partial charge in [0.1, 0.15) is 0 Å². The van der Waals surface area contributed by atoms with E-state index in [2.05, 4.69) is 48.0 Å². The number of anilines is 2. The molecule has 0 fully saturated rings. The van der Waals surface area contributed by atoms with Gasteiger partial charge in [-0.25, -0.2) is 4.79 Å². The molecule has 0 spiro atoms. The smallest absolute Gasteiger partial charge is 0.319 e. The van der Waals surface area contributed by atoms with Crippen LogP contribution in [0.2, 0.25) is 0 Å². The van der Waals surface area contributed by atoms with Gasteiger partial charge in [-0.2, -0.15) is 0 Å². The van der Waals surface area contributed by atoms with Gasteiger partial charge in [0.05, 0.1) is 0 Å². The van der Waals surface area contributed by atoms with E-state index in [0.29, 0.717) is 6.54 Å². The second kappa shape index (κ2) is 8.39. The molecule has 0 atom stereocenters. The van der Waals surface area contributed by atoms with Gasteiger partial charge in [-0.3, -0.25) is 0 Å². The summed E-state index contributed by atoms with van der Waals surface area (Å²) in [4.78, 5) is 12.0. The Morgan fingerprint density at radius 3 is 1.83 bits per heavy atom. The van der Waals surface area contributed by atoms with Crippen LogP contribution >= 0.6 is 0 Å². The molecule has 24 heavy (non-hydrogen) atoms. The van der Waals surface area contributed by atoms with E-state index in [4.69, 9.17) is 0 Å². The van der Waals surface area contributed by atoms with Gasteiger partial charge in [0.25, 0.3) is 0 Å². The number of urea groups is 1. The average molecular weight is 325 g/mol. The normalized spacial score (nSPS) is 10.3. The van der Waals surface area contributed by atoms with Gasteiger partial charge in [0.2, 0.25) is 0 Å². The minimum Gasteiger partial charge on any atom is -0.385 e. The van der Waals surface area contributed by atoms with Crippen LogP contribution in [0.4, 0.5) is 16.2 Å². The van der Waals surface area contributed by atoms with Crippen molar-refractivity contribution in [3.63, 3.8) is 0 Å².